The highest BCUT2D eigenvalue weighted by atomic mass is 35.5. The number of carbonyl (C=O) groups is 3. The molecule has 1 aliphatic rings. The van der Waals surface area contributed by atoms with E-state index in [1.54, 1.807) is 42.5 Å². The Morgan fingerprint density at radius 1 is 0.897 bits per heavy atom. The van der Waals surface area contributed by atoms with Gasteiger partial charge in [-0.05, 0) is 60.5 Å². The number of imide groups is 1. The van der Waals surface area contributed by atoms with E-state index in [0.717, 1.165) is 11.0 Å². The molecule has 0 radical (unpaired) electrons. The summed E-state index contributed by atoms with van der Waals surface area (Å²) in [7, 11) is 0. The fraction of sp³-hybridized carbons (Fsp3) is 0.100. The highest BCUT2D eigenvalue weighted by Crippen LogP contribution is 2.42. The lowest BCUT2D eigenvalue weighted by Crippen LogP contribution is -2.20. The Bertz CT molecular complexity index is 1840. The zero-order valence-corrected chi connectivity index (χ0v) is 21.2. The number of carboxylic acids is 1. The summed E-state index contributed by atoms with van der Waals surface area (Å²) in [5, 5.41) is 26.9. The molecule has 39 heavy (non-hydrogen) atoms. The third-order valence-corrected chi connectivity index (χ3v) is 7.31. The minimum Gasteiger partial charge on any atom is -0.508 e. The number of nitrogens with one attached hydrogen (secondary N) is 2. The fourth-order valence-corrected chi connectivity index (χ4v) is 5.54. The number of halogens is 1. The number of hydrogen-bond acceptors (Lipinski definition) is 5. The number of aromatic hydroxyl groups is 1. The maximum absolute atomic E-state index is 13.1. The van der Waals surface area contributed by atoms with Crippen LogP contribution < -0.4 is 10.6 Å². The predicted octanol–water partition coefficient (Wildman–Crippen LogP) is 5.90. The first-order valence-electron chi connectivity index (χ1n) is 12.3. The van der Waals surface area contributed by atoms with Crippen molar-refractivity contribution in [1.82, 2.24) is 9.88 Å². The Labute approximate surface area is 227 Å². The van der Waals surface area contributed by atoms with Crippen LogP contribution in [0.5, 0.6) is 5.75 Å². The third kappa shape index (κ3) is 4.15. The lowest BCUT2D eigenvalue weighted by atomic mass is 9.93. The molecule has 0 saturated heterocycles. The summed E-state index contributed by atoms with van der Waals surface area (Å²) in [6.45, 7) is 1.11. The second-order valence-electron chi connectivity index (χ2n) is 9.35. The Morgan fingerprint density at radius 3 is 2.49 bits per heavy atom. The van der Waals surface area contributed by atoms with Gasteiger partial charge in [0.05, 0.1) is 22.2 Å². The van der Waals surface area contributed by atoms with Gasteiger partial charge in [-0.3, -0.25) is 14.9 Å². The normalized spacial score (nSPS) is 12.6. The SMILES string of the molecule is O=C(O)c1cccc(NCCCn2c3ccc(O)cc3c3c4c(c(-c5ccccc5Cl)cc32)C(=O)NC4=O)c1. The number of carboxylic acid groups (broad SMARTS) is 1. The van der Waals surface area contributed by atoms with Crippen molar-refractivity contribution in [2.24, 2.45) is 0 Å². The fourth-order valence-electron chi connectivity index (χ4n) is 5.30. The number of fused-ring (bicyclic) bond motifs is 5. The van der Waals surface area contributed by atoms with Crippen LogP contribution in [0.1, 0.15) is 37.5 Å². The first-order chi connectivity index (χ1) is 18.8. The smallest absolute Gasteiger partial charge is 0.335 e. The molecule has 0 saturated carbocycles. The van der Waals surface area contributed by atoms with Gasteiger partial charge in [0, 0.05) is 45.7 Å². The quantitative estimate of drug-likeness (QED) is 0.151. The third-order valence-electron chi connectivity index (χ3n) is 6.98. The van der Waals surface area contributed by atoms with Crippen LogP contribution in [0.4, 0.5) is 5.69 Å². The number of aryl methyl sites for hydroxylation is 1. The molecular weight excluding hydrogens is 518 g/mol. The number of carbonyl (C=O) groups excluding carboxylic acids is 2. The second-order valence-corrected chi connectivity index (χ2v) is 9.76. The Balaban J connectivity index is 1.46. The zero-order chi connectivity index (χ0) is 27.3. The topological polar surface area (TPSA) is 121 Å². The van der Waals surface area contributed by atoms with Crippen molar-refractivity contribution < 1.29 is 24.6 Å². The molecule has 6 rings (SSSR count). The molecule has 1 aliphatic heterocycles. The number of anilines is 1. The molecule has 0 fully saturated rings. The average molecular weight is 540 g/mol. The first kappa shape index (κ1) is 24.5. The van der Waals surface area contributed by atoms with Crippen LogP contribution in [-0.2, 0) is 6.54 Å². The van der Waals surface area contributed by atoms with E-state index in [0.29, 0.717) is 52.1 Å². The van der Waals surface area contributed by atoms with Crippen molar-refractivity contribution in [2.75, 3.05) is 11.9 Å². The average Bonchev–Trinajstić information content (AvgIpc) is 3.39. The minimum atomic E-state index is -0.989. The van der Waals surface area contributed by atoms with Crippen molar-refractivity contribution in [1.29, 1.82) is 0 Å². The summed E-state index contributed by atoms with van der Waals surface area (Å²) >= 11 is 6.52. The van der Waals surface area contributed by atoms with E-state index >= 15 is 0 Å². The zero-order valence-electron chi connectivity index (χ0n) is 20.5. The predicted molar refractivity (Wildman–Crippen MR) is 150 cm³/mol. The summed E-state index contributed by atoms with van der Waals surface area (Å²) in [5.74, 6) is -1.91. The number of nitrogens with zero attached hydrogens (tertiary/aromatic N) is 1. The van der Waals surface area contributed by atoms with Crippen LogP contribution in [0.25, 0.3) is 32.9 Å². The van der Waals surface area contributed by atoms with Gasteiger partial charge >= 0.3 is 5.97 Å². The van der Waals surface area contributed by atoms with Crippen molar-refractivity contribution in [3.8, 4) is 16.9 Å². The summed E-state index contributed by atoms with van der Waals surface area (Å²) in [6, 6.07) is 20.7. The monoisotopic (exact) mass is 539 g/mol. The van der Waals surface area contributed by atoms with Crippen LogP contribution in [0, 0.1) is 0 Å². The lowest BCUT2D eigenvalue weighted by molar-refractivity contribution is 0.0696. The van der Waals surface area contributed by atoms with Crippen molar-refractivity contribution >= 4 is 56.9 Å². The van der Waals surface area contributed by atoms with Gasteiger partial charge in [-0.25, -0.2) is 4.79 Å². The van der Waals surface area contributed by atoms with E-state index in [1.807, 2.05) is 24.3 Å². The molecule has 9 heteroatoms. The van der Waals surface area contributed by atoms with Gasteiger partial charge in [0.25, 0.3) is 11.8 Å². The van der Waals surface area contributed by atoms with Gasteiger partial charge in [0.2, 0.25) is 0 Å². The van der Waals surface area contributed by atoms with E-state index in [4.69, 9.17) is 11.6 Å². The number of aromatic nitrogens is 1. The standard InChI is InChI=1S/C30H22ClN3O5/c31-22-8-2-1-7-19(22)20-15-24-25(27-26(20)28(36)33-29(27)37)21-14-18(35)9-10-23(21)34(24)12-4-11-32-17-6-3-5-16(13-17)30(38)39/h1-3,5-10,13-15,32,35H,4,11-12H2,(H,38,39)(H,33,36,37). The molecule has 0 aliphatic carbocycles. The molecule has 194 valence electrons. The van der Waals surface area contributed by atoms with E-state index in [9.17, 15) is 24.6 Å². The van der Waals surface area contributed by atoms with Crippen LogP contribution in [0.2, 0.25) is 5.02 Å². The Kier molecular flexibility index (Phi) is 5.96. The number of rotatable bonds is 7. The van der Waals surface area contributed by atoms with Crippen molar-refractivity contribution in [3.63, 3.8) is 0 Å². The number of benzene rings is 4. The van der Waals surface area contributed by atoms with Crippen molar-refractivity contribution in [3.05, 3.63) is 94.5 Å². The molecule has 8 nitrogen and oxygen atoms in total. The minimum absolute atomic E-state index is 0.0511. The molecule has 2 amide bonds. The van der Waals surface area contributed by atoms with E-state index in [2.05, 4.69) is 15.2 Å². The Hall–Kier alpha value is -4.82. The largest absolute Gasteiger partial charge is 0.508 e. The van der Waals surface area contributed by atoms with Crippen molar-refractivity contribution in [2.45, 2.75) is 13.0 Å². The number of amides is 2. The number of hydrogen-bond donors (Lipinski definition) is 4. The lowest BCUT2D eigenvalue weighted by Gasteiger charge is -2.13. The Morgan fingerprint density at radius 2 is 1.69 bits per heavy atom. The van der Waals surface area contributed by atoms with Gasteiger partial charge in [0.15, 0.2) is 0 Å². The summed E-state index contributed by atoms with van der Waals surface area (Å²) in [4.78, 5) is 37.4. The number of aromatic carboxylic acids is 1. The molecule has 5 aromatic rings. The van der Waals surface area contributed by atoms with Crippen LogP contribution in [0.3, 0.4) is 0 Å². The van der Waals surface area contributed by atoms with Gasteiger partial charge in [0.1, 0.15) is 5.75 Å². The van der Waals surface area contributed by atoms with Crippen LogP contribution in [-0.4, -0.2) is 39.1 Å². The molecule has 4 aromatic carbocycles. The molecular formula is C30H22ClN3O5. The number of phenolic OH excluding ortho intramolecular Hbond substituents is 1. The highest BCUT2D eigenvalue weighted by Gasteiger charge is 2.35. The maximum atomic E-state index is 13.1. The summed E-state index contributed by atoms with van der Waals surface area (Å²) < 4.78 is 2.07. The second kappa shape index (κ2) is 9.49. The molecule has 0 unspecified atom stereocenters. The number of phenols is 1. The highest BCUT2D eigenvalue weighted by molar-refractivity contribution is 6.36. The molecule has 4 N–H and O–H groups in total. The summed E-state index contributed by atoms with van der Waals surface area (Å²) in [5.41, 5.74) is 4.19. The van der Waals surface area contributed by atoms with Crippen LogP contribution >= 0.6 is 11.6 Å². The van der Waals surface area contributed by atoms with E-state index < -0.39 is 17.8 Å². The van der Waals surface area contributed by atoms with Crippen LogP contribution in [0.15, 0.2) is 72.8 Å². The molecule has 0 spiro atoms. The maximum Gasteiger partial charge on any atom is 0.335 e. The molecule has 0 bridgehead atoms. The molecule has 1 aromatic heterocycles. The first-order valence-corrected chi connectivity index (χ1v) is 12.7. The van der Waals surface area contributed by atoms with Gasteiger partial charge < -0.3 is 20.1 Å². The summed E-state index contributed by atoms with van der Waals surface area (Å²) in [6.07, 6.45) is 0.667. The van der Waals surface area contributed by atoms with E-state index in [-0.39, 0.29) is 22.4 Å². The molecule has 2 heterocycles. The van der Waals surface area contributed by atoms with Gasteiger partial charge in [-0.1, -0.05) is 35.9 Å². The van der Waals surface area contributed by atoms with E-state index in [1.165, 1.54) is 6.07 Å². The van der Waals surface area contributed by atoms with Gasteiger partial charge in [-0.15, -0.1) is 0 Å². The van der Waals surface area contributed by atoms with Gasteiger partial charge in [-0.2, -0.15) is 0 Å². The molecule has 0 atom stereocenters.